The molecule has 3 heterocycles. The Kier molecular flexibility index (Phi) is 2.87. The van der Waals surface area contributed by atoms with Crippen LogP contribution in [0.4, 0.5) is 0 Å². The van der Waals surface area contributed by atoms with Crippen LogP contribution in [0, 0.1) is 5.92 Å². The van der Waals surface area contributed by atoms with Crippen LogP contribution in [-0.4, -0.2) is 46.5 Å². The predicted octanol–water partition coefficient (Wildman–Crippen LogP) is -0.406. The van der Waals surface area contributed by atoms with Gasteiger partial charge in [-0.05, 0) is 18.8 Å². The highest BCUT2D eigenvalue weighted by Gasteiger charge is 2.37. The van der Waals surface area contributed by atoms with Crippen LogP contribution in [0.2, 0.25) is 0 Å². The molecule has 2 fully saturated rings. The molecule has 2 atom stereocenters. The number of hydrogen-bond donors (Lipinski definition) is 2. The van der Waals surface area contributed by atoms with Crippen molar-refractivity contribution in [1.82, 2.24) is 20.2 Å². The number of aromatic nitrogens is 2. The number of H-pyrrole nitrogens is 1. The van der Waals surface area contributed by atoms with Crippen LogP contribution in [0.15, 0.2) is 17.2 Å². The van der Waals surface area contributed by atoms with Gasteiger partial charge in [0.05, 0.1) is 6.20 Å². The predicted molar refractivity (Wildman–Crippen MR) is 65.3 cm³/mol. The van der Waals surface area contributed by atoms with Crippen molar-refractivity contribution in [2.45, 2.75) is 18.9 Å². The van der Waals surface area contributed by atoms with Gasteiger partial charge in [-0.3, -0.25) is 9.59 Å². The molecule has 3 rings (SSSR count). The molecule has 1 amide bonds. The first kappa shape index (κ1) is 11.4. The summed E-state index contributed by atoms with van der Waals surface area (Å²) >= 11 is 0. The maximum atomic E-state index is 12.4. The van der Waals surface area contributed by atoms with E-state index in [1.165, 1.54) is 12.6 Å². The molecular weight excluding hydrogens is 232 g/mol. The van der Waals surface area contributed by atoms with E-state index in [9.17, 15) is 9.59 Å². The van der Waals surface area contributed by atoms with E-state index < -0.39 is 0 Å². The molecule has 18 heavy (non-hydrogen) atoms. The molecule has 6 heteroatoms. The molecule has 96 valence electrons. The molecule has 0 spiro atoms. The summed E-state index contributed by atoms with van der Waals surface area (Å²) in [6.07, 6.45) is 4.77. The van der Waals surface area contributed by atoms with Crippen LogP contribution in [-0.2, 0) is 0 Å². The fourth-order valence-corrected chi connectivity index (χ4v) is 2.93. The minimum absolute atomic E-state index is 0.0790. The number of nitrogens with zero attached hydrogens (tertiary/aromatic N) is 2. The molecule has 1 aromatic rings. The van der Waals surface area contributed by atoms with Crippen LogP contribution in [0.25, 0.3) is 0 Å². The van der Waals surface area contributed by atoms with Crippen LogP contribution < -0.4 is 10.9 Å². The first-order chi connectivity index (χ1) is 8.75. The van der Waals surface area contributed by atoms with Crippen molar-refractivity contribution in [2.75, 3.05) is 19.6 Å². The Balaban J connectivity index is 1.83. The van der Waals surface area contributed by atoms with Crippen LogP contribution in [0.5, 0.6) is 0 Å². The van der Waals surface area contributed by atoms with Gasteiger partial charge in [0, 0.05) is 31.9 Å². The van der Waals surface area contributed by atoms with Crippen molar-refractivity contribution < 1.29 is 4.79 Å². The number of rotatable bonds is 1. The number of carbonyl (C=O) groups excluding carboxylic acids is 1. The van der Waals surface area contributed by atoms with Gasteiger partial charge in [0.1, 0.15) is 5.69 Å². The van der Waals surface area contributed by atoms with Crippen molar-refractivity contribution in [2.24, 2.45) is 5.92 Å². The summed E-state index contributed by atoms with van der Waals surface area (Å²) in [6, 6.07) is 0.278. The van der Waals surface area contributed by atoms with Crippen molar-refractivity contribution in [1.29, 1.82) is 0 Å². The molecule has 6 nitrogen and oxygen atoms in total. The van der Waals surface area contributed by atoms with Gasteiger partial charge in [0.2, 0.25) is 0 Å². The fourth-order valence-electron chi connectivity index (χ4n) is 2.93. The number of amides is 1. The quantitative estimate of drug-likeness (QED) is 0.708. The third-order valence-corrected chi connectivity index (χ3v) is 3.83. The Morgan fingerprint density at radius 3 is 3.11 bits per heavy atom. The largest absolute Gasteiger partial charge is 0.333 e. The Hall–Kier alpha value is -1.69. The minimum Gasteiger partial charge on any atom is -0.333 e. The highest BCUT2D eigenvalue weighted by atomic mass is 16.2. The normalized spacial score (nSPS) is 27.0. The lowest BCUT2D eigenvalue weighted by Crippen LogP contribution is -2.48. The van der Waals surface area contributed by atoms with Gasteiger partial charge in [-0.15, -0.1) is 0 Å². The van der Waals surface area contributed by atoms with E-state index in [0.29, 0.717) is 11.6 Å². The highest BCUT2D eigenvalue weighted by Crippen LogP contribution is 2.27. The smallest absolute Gasteiger partial charge is 0.274 e. The molecule has 2 N–H and O–H groups in total. The average Bonchev–Trinajstić information content (AvgIpc) is 2.87. The molecule has 2 aliphatic rings. The Labute approximate surface area is 104 Å². The van der Waals surface area contributed by atoms with Crippen LogP contribution >= 0.6 is 0 Å². The number of hydrogen-bond acceptors (Lipinski definition) is 4. The van der Waals surface area contributed by atoms with Crippen LogP contribution in [0.3, 0.4) is 0 Å². The molecule has 2 aliphatic heterocycles. The number of nitrogens with one attached hydrogen (secondary N) is 2. The molecule has 0 aliphatic carbocycles. The molecule has 0 saturated carbocycles. The zero-order valence-electron chi connectivity index (χ0n) is 10.1. The molecular formula is C12H16N4O2. The van der Waals surface area contributed by atoms with Gasteiger partial charge in [-0.2, -0.15) is 0 Å². The van der Waals surface area contributed by atoms with Gasteiger partial charge in [0.15, 0.2) is 0 Å². The molecule has 1 aromatic heterocycles. The maximum Gasteiger partial charge on any atom is 0.274 e. The Bertz CT molecular complexity index is 493. The molecule has 2 unspecified atom stereocenters. The van der Waals surface area contributed by atoms with Gasteiger partial charge in [-0.25, -0.2) is 4.98 Å². The molecule has 0 bridgehead atoms. The summed E-state index contributed by atoms with van der Waals surface area (Å²) in [6.45, 7) is 2.63. The van der Waals surface area contributed by atoms with E-state index in [1.54, 1.807) is 0 Å². The van der Waals surface area contributed by atoms with Crippen molar-refractivity contribution in [3.8, 4) is 0 Å². The lowest BCUT2D eigenvalue weighted by molar-refractivity contribution is 0.0568. The second-order valence-electron chi connectivity index (χ2n) is 4.92. The van der Waals surface area contributed by atoms with Crippen LogP contribution in [0.1, 0.15) is 23.3 Å². The Morgan fingerprint density at radius 2 is 2.33 bits per heavy atom. The standard InChI is InChI=1S/C12H16N4O2/c17-11-7-14-9(5-15-11)12(18)16-3-1-2-8-4-13-6-10(8)16/h5,7-8,10,13H,1-4,6H2,(H,15,17). The second kappa shape index (κ2) is 4.53. The average molecular weight is 248 g/mol. The monoisotopic (exact) mass is 248 g/mol. The van der Waals surface area contributed by atoms with E-state index >= 15 is 0 Å². The maximum absolute atomic E-state index is 12.4. The fraction of sp³-hybridized carbons (Fsp3) is 0.583. The number of carbonyl (C=O) groups is 1. The third-order valence-electron chi connectivity index (χ3n) is 3.83. The summed E-state index contributed by atoms with van der Waals surface area (Å²) in [7, 11) is 0. The number of piperidine rings is 1. The number of fused-ring (bicyclic) bond motifs is 1. The van der Waals surface area contributed by atoms with E-state index in [1.807, 2.05) is 4.90 Å². The Morgan fingerprint density at radius 1 is 1.44 bits per heavy atom. The van der Waals surface area contributed by atoms with E-state index in [4.69, 9.17) is 0 Å². The molecule has 0 aromatic carbocycles. The first-order valence-electron chi connectivity index (χ1n) is 6.32. The van der Waals surface area contributed by atoms with Crippen molar-refractivity contribution in [3.63, 3.8) is 0 Å². The van der Waals surface area contributed by atoms with Crippen molar-refractivity contribution in [3.05, 3.63) is 28.4 Å². The van der Waals surface area contributed by atoms with Gasteiger partial charge < -0.3 is 15.2 Å². The second-order valence-corrected chi connectivity index (χ2v) is 4.92. The van der Waals surface area contributed by atoms with Gasteiger partial charge in [-0.1, -0.05) is 0 Å². The lowest BCUT2D eigenvalue weighted by Gasteiger charge is -2.36. The lowest BCUT2D eigenvalue weighted by atomic mass is 9.92. The van der Waals surface area contributed by atoms with Gasteiger partial charge in [0.25, 0.3) is 11.5 Å². The summed E-state index contributed by atoms with van der Waals surface area (Å²) in [4.78, 5) is 31.6. The topological polar surface area (TPSA) is 78.1 Å². The summed E-state index contributed by atoms with van der Waals surface area (Å²) < 4.78 is 0. The molecule has 0 radical (unpaired) electrons. The zero-order valence-corrected chi connectivity index (χ0v) is 10.1. The highest BCUT2D eigenvalue weighted by molar-refractivity contribution is 5.92. The minimum atomic E-state index is -0.286. The third kappa shape index (κ3) is 1.92. The van der Waals surface area contributed by atoms with Gasteiger partial charge >= 0.3 is 0 Å². The molecule has 2 saturated heterocycles. The zero-order chi connectivity index (χ0) is 12.5. The summed E-state index contributed by atoms with van der Waals surface area (Å²) in [5.41, 5.74) is 0.0350. The number of aromatic amines is 1. The van der Waals surface area contributed by atoms with E-state index in [2.05, 4.69) is 15.3 Å². The van der Waals surface area contributed by atoms with E-state index in [-0.39, 0.29) is 17.5 Å². The van der Waals surface area contributed by atoms with E-state index in [0.717, 1.165) is 32.3 Å². The number of likely N-dealkylation sites (tertiary alicyclic amines) is 1. The summed E-state index contributed by atoms with van der Waals surface area (Å²) in [5.74, 6) is 0.482. The van der Waals surface area contributed by atoms with Crippen molar-refractivity contribution >= 4 is 5.91 Å². The SMILES string of the molecule is O=C(c1c[nH]c(=O)cn1)N1CCCC2CNCC21. The first-order valence-corrected chi connectivity index (χ1v) is 6.32. The summed E-state index contributed by atoms with van der Waals surface area (Å²) in [5, 5.41) is 3.34.